The van der Waals surface area contributed by atoms with Gasteiger partial charge in [0.15, 0.2) is 0 Å². The standard InChI is InChI=1S/C12H20O4/c1-8(2)10(7-11(13)15-3)9-5-4-6-16-12(9)14/h8-10H,4-7H2,1-3H3/t9-,10+/m0/s1. The van der Waals surface area contributed by atoms with Crippen molar-refractivity contribution in [3.8, 4) is 0 Å². The van der Waals surface area contributed by atoms with Gasteiger partial charge in [-0.25, -0.2) is 0 Å². The van der Waals surface area contributed by atoms with E-state index in [1.54, 1.807) is 0 Å². The fourth-order valence-corrected chi connectivity index (χ4v) is 2.21. The highest BCUT2D eigenvalue weighted by Gasteiger charge is 2.35. The first kappa shape index (κ1) is 13.0. The number of methoxy groups -OCH3 is 1. The van der Waals surface area contributed by atoms with Crippen molar-refractivity contribution in [1.29, 1.82) is 0 Å². The van der Waals surface area contributed by atoms with E-state index in [1.807, 2.05) is 13.8 Å². The quantitative estimate of drug-likeness (QED) is 0.688. The second kappa shape index (κ2) is 5.87. The molecule has 0 aromatic heterocycles. The zero-order valence-corrected chi connectivity index (χ0v) is 10.2. The molecule has 1 fully saturated rings. The van der Waals surface area contributed by atoms with Crippen LogP contribution in [0.15, 0.2) is 0 Å². The Balaban J connectivity index is 2.68. The molecule has 4 heteroatoms. The van der Waals surface area contributed by atoms with E-state index in [-0.39, 0.29) is 29.7 Å². The zero-order valence-electron chi connectivity index (χ0n) is 10.2. The Morgan fingerprint density at radius 2 is 2.25 bits per heavy atom. The molecule has 1 saturated heterocycles. The lowest BCUT2D eigenvalue weighted by atomic mass is 9.78. The Bertz CT molecular complexity index is 260. The Morgan fingerprint density at radius 3 is 2.75 bits per heavy atom. The van der Waals surface area contributed by atoms with Gasteiger partial charge in [0.2, 0.25) is 0 Å². The Labute approximate surface area is 96.3 Å². The van der Waals surface area contributed by atoms with Crippen LogP contribution < -0.4 is 0 Å². The molecule has 0 aliphatic carbocycles. The maximum absolute atomic E-state index is 11.6. The summed E-state index contributed by atoms with van der Waals surface area (Å²) in [6.45, 7) is 4.56. The van der Waals surface area contributed by atoms with E-state index in [4.69, 9.17) is 4.74 Å². The largest absolute Gasteiger partial charge is 0.469 e. The fourth-order valence-electron chi connectivity index (χ4n) is 2.21. The molecular formula is C12H20O4. The molecule has 0 unspecified atom stereocenters. The van der Waals surface area contributed by atoms with E-state index >= 15 is 0 Å². The van der Waals surface area contributed by atoms with Crippen molar-refractivity contribution in [3.63, 3.8) is 0 Å². The van der Waals surface area contributed by atoms with Gasteiger partial charge in [0.1, 0.15) is 0 Å². The average molecular weight is 228 g/mol. The lowest BCUT2D eigenvalue weighted by molar-refractivity contribution is -0.157. The van der Waals surface area contributed by atoms with Gasteiger partial charge in [0.05, 0.1) is 19.6 Å². The van der Waals surface area contributed by atoms with Crippen molar-refractivity contribution in [3.05, 3.63) is 0 Å². The number of carbonyl (C=O) groups excluding carboxylic acids is 2. The van der Waals surface area contributed by atoms with Gasteiger partial charge < -0.3 is 9.47 Å². The maximum Gasteiger partial charge on any atom is 0.309 e. The Morgan fingerprint density at radius 1 is 1.56 bits per heavy atom. The van der Waals surface area contributed by atoms with Crippen LogP contribution in [-0.4, -0.2) is 25.7 Å². The Hall–Kier alpha value is -1.06. The average Bonchev–Trinajstić information content (AvgIpc) is 2.26. The first-order valence-corrected chi connectivity index (χ1v) is 5.79. The van der Waals surface area contributed by atoms with Crippen molar-refractivity contribution in [2.75, 3.05) is 13.7 Å². The minimum Gasteiger partial charge on any atom is -0.469 e. The van der Waals surface area contributed by atoms with Crippen LogP contribution in [0.25, 0.3) is 0 Å². The molecule has 0 aromatic rings. The highest BCUT2D eigenvalue weighted by atomic mass is 16.5. The Kier molecular flexibility index (Phi) is 4.77. The summed E-state index contributed by atoms with van der Waals surface area (Å²) in [6, 6.07) is 0. The van der Waals surface area contributed by atoms with E-state index in [0.717, 1.165) is 12.8 Å². The number of rotatable bonds is 4. The van der Waals surface area contributed by atoms with E-state index in [1.165, 1.54) is 7.11 Å². The first-order valence-electron chi connectivity index (χ1n) is 5.79. The molecule has 16 heavy (non-hydrogen) atoms. The molecule has 1 aliphatic heterocycles. The molecule has 1 heterocycles. The molecule has 0 radical (unpaired) electrons. The molecule has 2 atom stereocenters. The lowest BCUT2D eigenvalue weighted by Crippen LogP contribution is -2.34. The highest BCUT2D eigenvalue weighted by molar-refractivity contribution is 5.75. The molecule has 0 bridgehead atoms. The maximum atomic E-state index is 11.6. The number of hydrogen-bond acceptors (Lipinski definition) is 4. The van der Waals surface area contributed by atoms with Crippen LogP contribution in [0.5, 0.6) is 0 Å². The molecular weight excluding hydrogens is 208 g/mol. The minimum absolute atomic E-state index is 0.0280. The van der Waals surface area contributed by atoms with E-state index in [9.17, 15) is 9.59 Å². The van der Waals surface area contributed by atoms with E-state index in [2.05, 4.69) is 4.74 Å². The molecule has 0 N–H and O–H groups in total. The van der Waals surface area contributed by atoms with Crippen LogP contribution >= 0.6 is 0 Å². The van der Waals surface area contributed by atoms with Gasteiger partial charge in [0.25, 0.3) is 0 Å². The minimum atomic E-state index is -0.253. The van der Waals surface area contributed by atoms with Crippen molar-refractivity contribution in [2.24, 2.45) is 17.8 Å². The van der Waals surface area contributed by atoms with Crippen LogP contribution in [0.1, 0.15) is 33.1 Å². The molecule has 92 valence electrons. The van der Waals surface area contributed by atoms with Crippen LogP contribution in [0.4, 0.5) is 0 Å². The number of ether oxygens (including phenoxy) is 2. The van der Waals surface area contributed by atoms with Gasteiger partial charge >= 0.3 is 11.9 Å². The summed E-state index contributed by atoms with van der Waals surface area (Å²) < 4.78 is 9.71. The van der Waals surface area contributed by atoms with Gasteiger partial charge in [0, 0.05) is 6.42 Å². The van der Waals surface area contributed by atoms with Crippen molar-refractivity contribution in [1.82, 2.24) is 0 Å². The SMILES string of the molecule is COC(=O)C[C@H](C(C)C)[C@@H]1CCCOC1=O. The summed E-state index contributed by atoms with van der Waals surface area (Å²) >= 11 is 0. The predicted octanol–water partition coefficient (Wildman–Crippen LogP) is 1.77. The van der Waals surface area contributed by atoms with Crippen LogP contribution in [0.2, 0.25) is 0 Å². The number of hydrogen-bond donors (Lipinski definition) is 0. The van der Waals surface area contributed by atoms with Gasteiger partial charge in [-0.2, -0.15) is 0 Å². The molecule has 0 aromatic carbocycles. The third-order valence-electron chi connectivity index (χ3n) is 3.21. The highest BCUT2D eigenvalue weighted by Crippen LogP contribution is 2.31. The smallest absolute Gasteiger partial charge is 0.309 e. The summed E-state index contributed by atoms with van der Waals surface area (Å²) in [7, 11) is 1.37. The number of cyclic esters (lactones) is 1. The second-order valence-corrected chi connectivity index (χ2v) is 4.60. The van der Waals surface area contributed by atoms with Gasteiger partial charge in [-0.3, -0.25) is 9.59 Å². The normalized spacial score (nSPS) is 22.8. The molecule has 1 aliphatic rings. The van der Waals surface area contributed by atoms with Crippen molar-refractivity contribution >= 4 is 11.9 Å². The monoisotopic (exact) mass is 228 g/mol. The van der Waals surface area contributed by atoms with Gasteiger partial charge in [-0.15, -0.1) is 0 Å². The van der Waals surface area contributed by atoms with Crippen LogP contribution in [0, 0.1) is 17.8 Å². The van der Waals surface area contributed by atoms with Gasteiger partial charge in [-0.1, -0.05) is 13.8 Å². The molecule has 0 spiro atoms. The van der Waals surface area contributed by atoms with Crippen LogP contribution in [-0.2, 0) is 19.1 Å². The molecule has 0 saturated carbocycles. The molecule has 1 rings (SSSR count). The number of esters is 2. The third-order valence-corrected chi connectivity index (χ3v) is 3.21. The van der Waals surface area contributed by atoms with Crippen LogP contribution in [0.3, 0.4) is 0 Å². The topological polar surface area (TPSA) is 52.6 Å². The summed E-state index contributed by atoms with van der Waals surface area (Å²) in [6.07, 6.45) is 2.01. The van der Waals surface area contributed by atoms with Gasteiger partial charge in [-0.05, 0) is 24.7 Å². The second-order valence-electron chi connectivity index (χ2n) is 4.60. The lowest BCUT2D eigenvalue weighted by Gasteiger charge is -2.30. The molecule has 0 amide bonds. The number of carbonyl (C=O) groups is 2. The summed E-state index contributed by atoms with van der Waals surface area (Å²) in [5.74, 6) is -0.256. The molecule has 4 nitrogen and oxygen atoms in total. The van der Waals surface area contributed by atoms with Crippen molar-refractivity contribution < 1.29 is 19.1 Å². The summed E-state index contributed by atoms with van der Waals surface area (Å²) in [5, 5.41) is 0. The fraction of sp³-hybridized carbons (Fsp3) is 0.833. The van der Waals surface area contributed by atoms with Crippen molar-refractivity contribution in [2.45, 2.75) is 33.1 Å². The predicted molar refractivity (Wildman–Crippen MR) is 58.6 cm³/mol. The first-order chi connectivity index (χ1) is 7.56. The van der Waals surface area contributed by atoms with E-state index in [0.29, 0.717) is 13.0 Å². The van der Waals surface area contributed by atoms with E-state index < -0.39 is 0 Å². The zero-order chi connectivity index (χ0) is 12.1. The summed E-state index contributed by atoms with van der Waals surface area (Å²) in [4.78, 5) is 22.9. The summed E-state index contributed by atoms with van der Waals surface area (Å²) in [5.41, 5.74) is 0. The third kappa shape index (κ3) is 3.22.